The van der Waals surface area contributed by atoms with Gasteiger partial charge in [-0.2, -0.15) is 0 Å². The van der Waals surface area contributed by atoms with Gasteiger partial charge in [-0.15, -0.1) is 0 Å². The Kier molecular flexibility index (Phi) is 3.61. The first-order valence-electron chi connectivity index (χ1n) is 6.67. The normalized spacial score (nSPS) is 26.2. The molecule has 4 nitrogen and oxygen atoms in total. The van der Waals surface area contributed by atoms with E-state index in [1.54, 1.807) is 18.2 Å². The maximum absolute atomic E-state index is 12.6. The van der Waals surface area contributed by atoms with Gasteiger partial charge in [0, 0.05) is 6.04 Å². The van der Waals surface area contributed by atoms with Gasteiger partial charge in [0.1, 0.15) is 0 Å². The third kappa shape index (κ3) is 2.27. The largest absolute Gasteiger partial charge is 0.334 e. The molecule has 1 aliphatic carbocycles. The van der Waals surface area contributed by atoms with Crippen LogP contribution in [-0.2, 0) is 4.79 Å². The molecule has 1 saturated carbocycles. The van der Waals surface area contributed by atoms with Crippen LogP contribution in [0.1, 0.15) is 25.7 Å². The zero-order chi connectivity index (χ0) is 14.3. The van der Waals surface area contributed by atoms with Crippen LogP contribution in [0, 0.1) is 5.92 Å². The molecule has 3 amide bonds. The average Bonchev–Trinajstić information content (AvgIpc) is 2.43. The molecule has 0 spiro atoms. The van der Waals surface area contributed by atoms with Crippen LogP contribution in [-0.4, -0.2) is 18.0 Å². The van der Waals surface area contributed by atoms with Crippen LogP contribution in [0.25, 0.3) is 0 Å². The average molecular weight is 313 g/mol. The number of nitrogens with one attached hydrogen (secondary N) is 1. The van der Waals surface area contributed by atoms with Gasteiger partial charge in [-0.25, -0.2) is 9.69 Å². The van der Waals surface area contributed by atoms with Crippen molar-refractivity contribution in [2.24, 2.45) is 5.92 Å². The first-order valence-corrected chi connectivity index (χ1v) is 7.43. The number of carbonyl (C=O) groups is 2. The lowest BCUT2D eigenvalue weighted by Crippen LogP contribution is -2.61. The molecule has 2 fully saturated rings. The van der Waals surface area contributed by atoms with Crippen LogP contribution >= 0.6 is 23.2 Å². The van der Waals surface area contributed by atoms with Crippen LogP contribution in [0.2, 0.25) is 10.0 Å². The first kappa shape index (κ1) is 13.7. The molecule has 2 aliphatic rings. The lowest BCUT2D eigenvalue weighted by molar-refractivity contribution is -0.124. The molecule has 0 aromatic heterocycles. The van der Waals surface area contributed by atoms with E-state index in [0.717, 1.165) is 25.7 Å². The monoisotopic (exact) mass is 312 g/mol. The van der Waals surface area contributed by atoms with Crippen molar-refractivity contribution in [2.45, 2.75) is 31.7 Å². The van der Waals surface area contributed by atoms with E-state index in [-0.39, 0.29) is 23.9 Å². The minimum absolute atomic E-state index is 0.0252. The number of amides is 3. The summed E-state index contributed by atoms with van der Waals surface area (Å²) in [6, 6.07) is 4.37. The van der Waals surface area contributed by atoms with Gasteiger partial charge in [0.25, 0.3) is 0 Å². The number of hydrogen-bond acceptors (Lipinski definition) is 2. The predicted molar refractivity (Wildman–Crippen MR) is 78.2 cm³/mol. The highest BCUT2D eigenvalue weighted by molar-refractivity contribution is 6.42. The lowest BCUT2D eigenvalue weighted by Gasteiger charge is -2.39. The third-order valence-corrected chi connectivity index (χ3v) is 4.72. The minimum Gasteiger partial charge on any atom is -0.334 e. The number of imide groups is 1. The fraction of sp³-hybridized carbons (Fsp3) is 0.429. The van der Waals surface area contributed by atoms with E-state index in [2.05, 4.69) is 5.32 Å². The van der Waals surface area contributed by atoms with Gasteiger partial charge in [-0.3, -0.25) is 4.79 Å². The molecule has 0 bridgehead atoms. The van der Waals surface area contributed by atoms with Crippen molar-refractivity contribution in [1.29, 1.82) is 0 Å². The number of fused-ring (bicyclic) bond motifs is 1. The second-order valence-electron chi connectivity index (χ2n) is 5.22. The van der Waals surface area contributed by atoms with E-state index in [1.807, 2.05) is 0 Å². The summed E-state index contributed by atoms with van der Waals surface area (Å²) in [6.07, 6.45) is 3.78. The van der Waals surface area contributed by atoms with Gasteiger partial charge >= 0.3 is 6.03 Å². The van der Waals surface area contributed by atoms with Crippen LogP contribution in [0.4, 0.5) is 10.5 Å². The summed E-state index contributed by atoms with van der Waals surface area (Å²) in [5.41, 5.74) is 0.464. The van der Waals surface area contributed by atoms with E-state index >= 15 is 0 Å². The molecular weight excluding hydrogens is 299 g/mol. The fourth-order valence-corrected chi connectivity index (χ4v) is 3.25. The van der Waals surface area contributed by atoms with Crippen LogP contribution in [0.5, 0.6) is 0 Å². The van der Waals surface area contributed by atoms with Gasteiger partial charge in [-0.1, -0.05) is 36.0 Å². The molecule has 2 unspecified atom stereocenters. The smallest absolute Gasteiger partial charge is 0.328 e. The maximum atomic E-state index is 12.6. The van der Waals surface area contributed by atoms with Gasteiger partial charge in [0.15, 0.2) is 0 Å². The van der Waals surface area contributed by atoms with Crippen LogP contribution < -0.4 is 10.2 Å². The Morgan fingerprint density at radius 2 is 1.85 bits per heavy atom. The number of carbonyl (C=O) groups excluding carboxylic acids is 2. The molecule has 1 saturated heterocycles. The minimum atomic E-state index is -0.378. The molecule has 2 atom stereocenters. The number of halogens is 2. The standard InChI is InChI=1S/C14H14Cl2N2O2/c15-10-6-5-8(7-11(10)16)18-13(19)9-3-1-2-4-12(9)17-14(18)20/h5-7,9,12H,1-4H2,(H,17,20). The molecule has 1 aromatic carbocycles. The van der Waals surface area contributed by atoms with Gasteiger partial charge < -0.3 is 5.32 Å². The van der Waals surface area contributed by atoms with E-state index in [1.165, 1.54) is 4.90 Å². The van der Waals surface area contributed by atoms with E-state index in [0.29, 0.717) is 15.7 Å². The highest BCUT2D eigenvalue weighted by atomic mass is 35.5. The van der Waals surface area contributed by atoms with Crippen molar-refractivity contribution in [2.75, 3.05) is 4.90 Å². The van der Waals surface area contributed by atoms with Gasteiger partial charge in [0.2, 0.25) is 5.91 Å². The molecule has 0 radical (unpaired) electrons. The molecule has 1 heterocycles. The second-order valence-corrected chi connectivity index (χ2v) is 6.03. The van der Waals surface area contributed by atoms with E-state index < -0.39 is 0 Å². The molecule has 1 aromatic rings. The lowest BCUT2D eigenvalue weighted by atomic mass is 9.82. The Labute approximate surface area is 127 Å². The topological polar surface area (TPSA) is 49.4 Å². The molecule has 6 heteroatoms. The summed E-state index contributed by atoms with van der Waals surface area (Å²) in [7, 11) is 0. The first-order chi connectivity index (χ1) is 9.58. The summed E-state index contributed by atoms with van der Waals surface area (Å²) in [5, 5.41) is 3.65. The van der Waals surface area contributed by atoms with Crippen molar-refractivity contribution in [3.8, 4) is 0 Å². The van der Waals surface area contributed by atoms with Crippen LogP contribution in [0.3, 0.4) is 0 Å². The highest BCUT2D eigenvalue weighted by Crippen LogP contribution is 2.33. The van der Waals surface area contributed by atoms with Crippen molar-refractivity contribution in [3.05, 3.63) is 28.2 Å². The summed E-state index contributed by atoms with van der Waals surface area (Å²) in [6.45, 7) is 0. The fourth-order valence-electron chi connectivity index (χ4n) is 2.96. The Hall–Kier alpha value is -1.26. The SMILES string of the molecule is O=C1NC2CCCCC2C(=O)N1c1ccc(Cl)c(Cl)c1. The second kappa shape index (κ2) is 5.26. The number of hydrogen-bond donors (Lipinski definition) is 1. The Morgan fingerprint density at radius 1 is 1.10 bits per heavy atom. The third-order valence-electron chi connectivity index (χ3n) is 3.98. The van der Waals surface area contributed by atoms with E-state index in [4.69, 9.17) is 23.2 Å². The predicted octanol–water partition coefficient (Wildman–Crippen LogP) is 3.61. The molecule has 1 aliphatic heterocycles. The summed E-state index contributed by atoms with van der Waals surface area (Å²) < 4.78 is 0. The summed E-state index contributed by atoms with van der Waals surface area (Å²) >= 11 is 11.8. The number of benzene rings is 1. The summed E-state index contributed by atoms with van der Waals surface area (Å²) in [5.74, 6) is -0.271. The zero-order valence-electron chi connectivity index (χ0n) is 10.7. The molecule has 3 rings (SSSR count). The van der Waals surface area contributed by atoms with Crippen molar-refractivity contribution < 1.29 is 9.59 Å². The molecule has 106 valence electrons. The summed E-state index contributed by atoms with van der Waals surface area (Å²) in [4.78, 5) is 25.9. The van der Waals surface area contributed by atoms with Crippen molar-refractivity contribution in [3.63, 3.8) is 0 Å². The van der Waals surface area contributed by atoms with Crippen molar-refractivity contribution in [1.82, 2.24) is 5.32 Å². The van der Waals surface area contributed by atoms with Gasteiger partial charge in [0.05, 0.1) is 21.7 Å². The number of rotatable bonds is 1. The number of urea groups is 1. The maximum Gasteiger partial charge on any atom is 0.328 e. The zero-order valence-corrected chi connectivity index (χ0v) is 12.2. The molecular formula is C14H14Cl2N2O2. The van der Waals surface area contributed by atoms with Crippen LogP contribution in [0.15, 0.2) is 18.2 Å². The Morgan fingerprint density at radius 3 is 2.60 bits per heavy atom. The Bertz CT molecular complexity index is 576. The van der Waals surface area contributed by atoms with E-state index in [9.17, 15) is 9.59 Å². The quantitative estimate of drug-likeness (QED) is 0.861. The molecule has 20 heavy (non-hydrogen) atoms. The number of anilines is 1. The van der Waals surface area contributed by atoms with Gasteiger partial charge in [-0.05, 0) is 31.0 Å². The Balaban J connectivity index is 1.93. The number of nitrogens with zero attached hydrogens (tertiary/aromatic N) is 1. The molecule has 1 N–H and O–H groups in total. The van der Waals surface area contributed by atoms with Crippen molar-refractivity contribution >= 4 is 40.8 Å². The highest BCUT2D eigenvalue weighted by Gasteiger charge is 2.42.